The average molecular weight is 177 g/mol. The number of hydrogen-bond donors (Lipinski definition) is 2. The van der Waals surface area contributed by atoms with Gasteiger partial charge in [-0.05, 0) is 6.42 Å². The van der Waals surface area contributed by atoms with Gasteiger partial charge < -0.3 is 10.8 Å². The Bertz CT molecular complexity index is 314. The molecule has 0 aromatic heterocycles. The van der Waals surface area contributed by atoms with Gasteiger partial charge in [-0.25, -0.2) is 0 Å². The number of aliphatic carboxylic acids is 1. The van der Waals surface area contributed by atoms with Crippen LogP contribution < -0.4 is 11.2 Å². The Morgan fingerprint density at radius 1 is 1.54 bits per heavy atom. The third-order valence-electron chi connectivity index (χ3n) is 2.02. The summed E-state index contributed by atoms with van der Waals surface area (Å²) in [6.45, 7) is 0. The topological polar surface area (TPSA) is 63.3 Å². The highest BCUT2D eigenvalue weighted by molar-refractivity contribution is 6.33. The van der Waals surface area contributed by atoms with E-state index in [1.807, 2.05) is 32.1 Å². The van der Waals surface area contributed by atoms with Crippen molar-refractivity contribution in [2.45, 2.75) is 12.5 Å². The molecule has 0 aliphatic heterocycles. The summed E-state index contributed by atoms with van der Waals surface area (Å²) in [5, 5.41) is 8.61. The van der Waals surface area contributed by atoms with Crippen molar-refractivity contribution in [3.63, 3.8) is 0 Å². The Balaban J connectivity index is 2.74. The van der Waals surface area contributed by atoms with Crippen LogP contribution in [0.15, 0.2) is 24.3 Å². The van der Waals surface area contributed by atoms with Gasteiger partial charge in [0, 0.05) is 0 Å². The zero-order valence-corrected chi connectivity index (χ0v) is 7.53. The predicted octanol–water partition coefficient (Wildman–Crippen LogP) is -1.10. The van der Waals surface area contributed by atoms with Crippen LogP contribution in [-0.2, 0) is 11.2 Å². The van der Waals surface area contributed by atoms with Gasteiger partial charge in [0.25, 0.3) is 0 Å². The van der Waals surface area contributed by atoms with Crippen molar-refractivity contribution >= 4 is 19.3 Å². The molecule has 0 unspecified atom stereocenters. The molecule has 0 amide bonds. The maximum Gasteiger partial charge on any atom is 0.320 e. The van der Waals surface area contributed by atoms with Gasteiger partial charge in [0.2, 0.25) is 0 Å². The Morgan fingerprint density at radius 3 is 2.69 bits per heavy atom. The molecule has 1 rings (SSSR count). The fraction of sp³-hybridized carbons (Fsp3) is 0.222. The average Bonchev–Trinajstić information content (AvgIpc) is 2.08. The van der Waals surface area contributed by atoms with Gasteiger partial charge in [0.15, 0.2) is 0 Å². The van der Waals surface area contributed by atoms with Gasteiger partial charge in [0.1, 0.15) is 13.9 Å². The van der Waals surface area contributed by atoms with Crippen LogP contribution in [0.5, 0.6) is 0 Å². The molecular weight excluding hydrogens is 165 g/mol. The molecule has 68 valence electrons. The maximum atomic E-state index is 10.5. The van der Waals surface area contributed by atoms with Crippen LogP contribution in [0.25, 0.3) is 0 Å². The molecule has 0 spiro atoms. The van der Waals surface area contributed by atoms with E-state index >= 15 is 0 Å². The molecule has 3 N–H and O–H groups in total. The highest BCUT2D eigenvalue weighted by Gasteiger charge is 2.12. The minimum absolute atomic E-state index is 0.391. The van der Waals surface area contributed by atoms with Crippen LogP contribution in [0.3, 0.4) is 0 Å². The molecule has 0 saturated heterocycles. The number of carboxylic acids is 1. The summed E-state index contributed by atoms with van der Waals surface area (Å²) < 4.78 is 0. The summed E-state index contributed by atoms with van der Waals surface area (Å²) in [4.78, 5) is 10.5. The quantitative estimate of drug-likeness (QED) is 0.576. The number of rotatable bonds is 3. The standard InChI is InChI=1S/C9H12BNO2/c10-7-4-2-1-3-6(7)5-8(11)9(12)13/h1-4,8H,5,10-11H2,(H,12,13)/t8-/m1/s1. The van der Waals surface area contributed by atoms with Crippen LogP contribution in [0, 0.1) is 0 Å². The Morgan fingerprint density at radius 2 is 2.15 bits per heavy atom. The zero-order valence-electron chi connectivity index (χ0n) is 7.53. The van der Waals surface area contributed by atoms with E-state index in [1.54, 1.807) is 0 Å². The van der Waals surface area contributed by atoms with Crippen molar-refractivity contribution in [2.24, 2.45) is 5.73 Å². The number of carbonyl (C=O) groups is 1. The second-order valence-corrected chi connectivity index (χ2v) is 3.08. The van der Waals surface area contributed by atoms with Crippen LogP contribution in [0.4, 0.5) is 0 Å². The first-order chi connectivity index (χ1) is 6.11. The number of hydrogen-bond acceptors (Lipinski definition) is 2. The summed E-state index contributed by atoms with van der Waals surface area (Å²) in [7, 11) is 1.95. The maximum absolute atomic E-state index is 10.5. The van der Waals surface area contributed by atoms with E-state index in [9.17, 15) is 4.79 Å². The lowest BCUT2D eigenvalue weighted by atomic mass is 9.88. The molecule has 1 atom stereocenters. The summed E-state index contributed by atoms with van der Waals surface area (Å²) >= 11 is 0. The lowest BCUT2D eigenvalue weighted by Gasteiger charge is -2.08. The van der Waals surface area contributed by atoms with Gasteiger partial charge in [0.05, 0.1) is 0 Å². The third kappa shape index (κ3) is 2.59. The SMILES string of the molecule is Bc1ccccc1C[C@@H](N)C(=O)O. The minimum atomic E-state index is -0.955. The molecule has 1 aromatic carbocycles. The van der Waals surface area contributed by atoms with Crippen molar-refractivity contribution in [1.82, 2.24) is 0 Å². The summed E-state index contributed by atoms with van der Waals surface area (Å²) in [5.41, 5.74) is 7.50. The van der Waals surface area contributed by atoms with E-state index in [4.69, 9.17) is 10.8 Å². The van der Waals surface area contributed by atoms with Crippen molar-refractivity contribution in [3.8, 4) is 0 Å². The highest BCUT2D eigenvalue weighted by Crippen LogP contribution is 1.98. The molecule has 0 radical (unpaired) electrons. The largest absolute Gasteiger partial charge is 0.480 e. The van der Waals surface area contributed by atoms with E-state index in [1.165, 1.54) is 0 Å². The predicted molar refractivity (Wildman–Crippen MR) is 53.9 cm³/mol. The molecule has 0 aliphatic rings. The molecule has 1 aromatic rings. The van der Waals surface area contributed by atoms with E-state index in [2.05, 4.69) is 0 Å². The van der Waals surface area contributed by atoms with Gasteiger partial charge in [-0.2, -0.15) is 0 Å². The van der Waals surface area contributed by atoms with Crippen LogP contribution in [0.1, 0.15) is 5.56 Å². The van der Waals surface area contributed by atoms with Gasteiger partial charge in [-0.1, -0.05) is 35.3 Å². The van der Waals surface area contributed by atoms with Gasteiger partial charge >= 0.3 is 5.97 Å². The molecule has 4 heteroatoms. The fourth-order valence-electron chi connectivity index (χ4n) is 1.16. The summed E-state index contributed by atoms with van der Waals surface area (Å²) in [5.74, 6) is -0.955. The normalized spacial score (nSPS) is 12.4. The Labute approximate surface area is 78.0 Å². The van der Waals surface area contributed by atoms with Gasteiger partial charge in [-0.15, -0.1) is 0 Å². The fourth-order valence-corrected chi connectivity index (χ4v) is 1.16. The second kappa shape index (κ2) is 4.09. The van der Waals surface area contributed by atoms with E-state index in [-0.39, 0.29) is 0 Å². The zero-order chi connectivity index (χ0) is 9.84. The first-order valence-electron chi connectivity index (χ1n) is 4.14. The Kier molecular flexibility index (Phi) is 3.09. The van der Waals surface area contributed by atoms with Crippen LogP contribution >= 0.6 is 0 Å². The Hall–Kier alpha value is -1.29. The minimum Gasteiger partial charge on any atom is -0.480 e. The molecule has 0 fully saturated rings. The molecule has 0 heterocycles. The van der Waals surface area contributed by atoms with E-state index < -0.39 is 12.0 Å². The third-order valence-corrected chi connectivity index (χ3v) is 2.02. The van der Waals surface area contributed by atoms with Crippen LogP contribution in [-0.4, -0.2) is 25.0 Å². The molecule has 0 bridgehead atoms. The van der Waals surface area contributed by atoms with Gasteiger partial charge in [-0.3, -0.25) is 4.79 Å². The van der Waals surface area contributed by atoms with Crippen molar-refractivity contribution < 1.29 is 9.90 Å². The lowest BCUT2D eigenvalue weighted by molar-refractivity contribution is -0.138. The number of carboxylic acid groups (broad SMARTS) is 1. The van der Waals surface area contributed by atoms with E-state index in [0.29, 0.717) is 6.42 Å². The second-order valence-electron chi connectivity index (χ2n) is 3.08. The van der Waals surface area contributed by atoms with Crippen molar-refractivity contribution in [1.29, 1.82) is 0 Å². The molecule has 0 saturated carbocycles. The first kappa shape index (κ1) is 9.80. The highest BCUT2D eigenvalue weighted by atomic mass is 16.4. The van der Waals surface area contributed by atoms with E-state index in [0.717, 1.165) is 11.0 Å². The molecule has 13 heavy (non-hydrogen) atoms. The number of benzene rings is 1. The molecule has 0 aliphatic carbocycles. The van der Waals surface area contributed by atoms with Crippen LogP contribution in [0.2, 0.25) is 0 Å². The number of nitrogens with two attached hydrogens (primary N) is 1. The monoisotopic (exact) mass is 177 g/mol. The summed E-state index contributed by atoms with van der Waals surface area (Å²) in [6, 6.07) is 6.85. The lowest BCUT2D eigenvalue weighted by Crippen LogP contribution is -2.33. The molecule has 3 nitrogen and oxygen atoms in total. The summed E-state index contributed by atoms with van der Waals surface area (Å²) in [6.07, 6.45) is 0.391. The van der Waals surface area contributed by atoms with Crippen molar-refractivity contribution in [2.75, 3.05) is 0 Å². The smallest absolute Gasteiger partial charge is 0.320 e. The molecular formula is C9H12BNO2. The van der Waals surface area contributed by atoms with Crippen molar-refractivity contribution in [3.05, 3.63) is 29.8 Å². The first-order valence-corrected chi connectivity index (χ1v) is 4.14.